The first kappa shape index (κ1) is 11.1. The van der Waals surface area contributed by atoms with E-state index in [1.54, 1.807) is 6.07 Å². The predicted molar refractivity (Wildman–Crippen MR) is 71.6 cm³/mol. The van der Waals surface area contributed by atoms with Crippen molar-refractivity contribution in [3.63, 3.8) is 0 Å². The third kappa shape index (κ3) is 1.93. The highest BCUT2D eigenvalue weighted by Gasteiger charge is 2.12. The number of hydrogen-bond acceptors (Lipinski definition) is 2. The Kier molecular flexibility index (Phi) is 2.68. The SMILES string of the molecule is O=c1[nH][n+](-c2ccc(Br)cc2)nc2ccccc12. The Hall–Kier alpha value is -2.01. The fraction of sp³-hybridized carbons (Fsp3) is 0. The van der Waals surface area contributed by atoms with Crippen LogP contribution in [0.2, 0.25) is 0 Å². The van der Waals surface area contributed by atoms with Crippen molar-refractivity contribution < 1.29 is 4.80 Å². The number of rotatable bonds is 1. The zero-order valence-electron chi connectivity index (χ0n) is 9.30. The average Bonchev–Trinajstić information content (AvgIpc) is 2.39. The van der Waals surface area contributed by atoms with Crippen LogP contribution in [0.5, 0.6) is 0 Å². The molecule has 1 heterocycles. The molecular weight excluding hydrogens is 294 g/mol. The third-order valence-electron chi connectivity index (χ3n) is 2.64. The summed E-state index contributed by atoms with van der Waals surface area (Å²) in [6.45, 7) is 0. The first-order valence-corrected chi connectivity index (χ1v) is 6.21. The second-order valence-corrected chi connectivity index (χ2v) is 4.76. The van der Waals surface area contributed by atoms with E-state index in [-0.39, 0.29) is 5.56 Å². The highest BCUT2D eigenvalue weighted by molar-refractivity contribution is 9.10. The molecule has 0 spiro atoms. The van der Waals surface area contributed by atoms with Gasteiger partial charge in [0, 0.05) is 26.5 Å². The minimum Gasteiger partial charge on any atom is -0.263 e. The van der Waals surface area contributed by atoms with Gasteiger partial charge in [0.25, 0.3) is 5.69 Å². The van der Waals surface area contributed by atoms with E-state index in [1.165, 1.54) is 4.80 Å². The Morgan fingerprint density at radius 3 is 2.56 bits per heavy atom. The van der Waals surface area contributed by atoms with Crippen LogP contribution in [0.4, 0.5) is 0 Å². The van der Waals surface area contributed by atoms with Crippen molar-refractivity contribution in [2.75, 3.05) is 0 Å². The van der Waals surface area contributed by atoms with Crippen LogP contribution < -0.4 is 10.4 Å². The molecule has 3 aromatic rings. The first-order chi connectivity index (χ1) is 8.74. The van der Waals surface area contributed by atoms with Crippen LogP contribution in [-0.2, 0) is 0 Å². The molecule has 0 fully saturated rings. The number of aromatic nitrogens is 3. The lowest BCUT2D eigenvalue weighted by atomic mass is 10.2. The van der Waals surface area contributed by atoms with Gasteiger partial charge in [0.15, 0.2) is 0 Å². The molecule has 2 aromatic carbocycles. The van der Waals surface area contributed by atoms with E-state index in [2.05, 4.69) is 26.1 Å². The Morgan fingerprint density at radius 1 is 1.06 bits per heavy atom. The van der Waals surface area contributed by atoms with E-state index in [0.717, 1.165) is 10.2 Å². The van der Waals surface area contributed by atoms with Gasteiger partial charge in [-0.05, 0) is 24.3 Å². The van der Waals surface area contributed by atoms with Crippen LogP contribution in [0.1, 0.15) is 0 Å². The topological polar surface area (TPSA) is 49.6 Å². The molecule has 1 aromatic heterocycles. The van der Waals surface area contributed by atoms with Crippen LogP contribution in [-0.4, -0.2) is 10.2 Å². The lowest BCUT2D eigenvalue weighted by Gasteiger charge is -1.95. The molecule has 0 aliphatic heterocycles. The van der Waals surface area contributed by atoms with Gasteiger partial charge in [0.05, 0.1) is 5.39 Å². The van der Waals surface area contributed by atoms with Gasteiger partial charge >= 0.3 is 5.56 Å². The van der Waals surface area contributed by atoms with E-state index in [1.807, 2.05) is 42.5 Å². The molecule has 88 valence electrons. The summed E-state index contributed by atoms with van der Waals surface area (Å²) in [5.41, 5.74) is 1.33. The maximum Gasteiger partial charge on any atom is 0.310 e. The van der Waals surface area contributed by atoms with E-state index in [0.29, 0.717) is 10.9 Å². The normalized spacial score (nSPS) is 10.7. The summed E-state index contributed by atoms with van der Waals surface area (Å²) in [4.78, 5) is 13.4. The molecule has 0 atom stereocenters. The summed E-state index contributed by atoms with van der Waals surface area (Å²) in [5, 5.41) is 7.69. The van der Waals surface area contributed by atoms with E-state index in [4.69, 9.17) is 0 Å². The molecule has 0 saturated carbocycles. The maximum absolute atomic E-state index is 11.9. The summed E-state index contributed by atoms with van der Waals surface area (Å²) in [6.07, 6.45) is 0. The Bertz CT molecular complexity index is 765. The van der Waals surface area contributed by atoms with E-state index < -0.39 is 0 Å². The molecule has 0 amide bonds. The summed E-state index contributed by atoms with van der Waals surface area (Å²) >= 11 is 3.37. The van der Waals surface area contributed by atoms with Gasteiger partial charge < -0.3 is 0 Å². The van der Waals surface area contributed by atoms with Crippen LogP contribution >= 0.6 is 15.9 Å². The number of H-pyrrole nitrogens is 1. The van der Waals surface area contributed by atoms with Gasteiger partial charge in [-0.1, -0.05) is 33.2 Å². The molecule has 0 unspecified atom stereocenters. The average molecular weight is 303 g/mol. The van der Waals surface area contributed by atoms with Crippen molar-refractivity contribution in [3.8, 4) is 5.69 Å². The molecule has 0 bridgehead atoms. The zero-order valence-corrected chi connectivity index (χ0v) is 10.9. The quantitative estimate of drug-likeness (QED) is 0.699. The molecule has 0 aliphatic rings. The van der Waals surface area contributed by atoms with Crippen molar-refractivity contribution >= 4 is 26.8 Å². The maximum atomic E-state index is 11.9. The minimum atomic E-state index is -0.150. The molecule has 0 radical (unpaired) electrons. The number of aromatic amines is 1. The third-order valence-corrected chi connectivity index (χ3v) is 3.16. The number of nitrogens with one attached hydrogen (secondary N) is 1. The van der Waals surface area contributed by atoms with Gasteiger partial charge in [0.2, 0.25) is 0 Å². The van der Waals surface area contributed by atoms with Gasteiger partial charge in [-0.3, -0.25) is 4.79 Å². The smallest absolute Gasteiger partial charge is 0.263 e. The summed E-state index contributed by atoms with van der Waals surface area (Å²) in [6, 6.07) is 14.8. The standard InChI is InChI=1S/C13H8BrN3O/c14-9-5-7-10(8-6-9)17-15-12-4-2-1-3-11(12)13(18)16-17/h1-8H/p+1. The van der Waals surface area contributed by atoms with Gasteiger partial charge in [-0.15, -0.1) is 0 Å². The number of fused-ring (bicyclic) bond motifs is 1. The van der Waals surface area contributed by atoms with Crippen molar-refractivity contribution in [1.82, 2.24) is 10.2 Å². The second kappa shape index (κ2) is 4.34. The summed E-state index contributed by atoms with van der Waals surface area (Å²) in [5.74, 6) is 0. The monoisotopic (exact) mass is 302 g/mol. The first-order valence-electron chi connectivity index (χ1n) is 5.41. The number of halogens is 1. The molecular formula is C13H9BrN3O+. The van der Waals surface area contributed by atoms with Crippen LogP contribution in [0, 0.1) is 0 Å². The van der Waals surface area contributed by atoms with Crippen LogP contribution in [0.15, 0.2) is 57.8 Å². The predicted octanol–water partition coefficient (Wildman–Crippen LogP) is 1.96. The van der Waals surface area contributed by atoms with E-state index in [9.17, 15) is 4.79 Å². The lowest BCUT2D eigenvalue weighted by Crippen LogP contribution is -2.44. The molecule has 3 rings (SSSR count). The highest BCUT2D eigenvalue weighted by Crippen LogP contribution is 2.10. The van der Waals surface area contributed by atoms with Crippen molar-refractivity contribution in [3.05, 3.63) is 63.4 Å². The largest absolute Gasteiger partial charge is 0.310 e. The summed E-state index contributed by atoms with van der Waals surface area (Å²) in [7, 11) is 0. The molecule has 1 N–H and O–H groups in total. The molecule has 0 saturated heterocycles. The fourth-order valence-corrected chi connectivity index (χ4v) is 2.01. The Labute approximate surface area is 111 Å². The number of benzene rings is 2. The van der Waals surface area contributed by atoms with Crippen LogP contribution in [0.25, 0.3) is 16.6 Å². The Morgan fingerprint density at radius 2 is 1.78 bits per heavy atom. The second-order valence-electron chi connectivity index (χ2n) is 3.85. The fourth-order valence-electron chi connectivity index (χ4n) is 1.75. The van der Waals surface area contributed by atoms with Gasteiger partial charge in [-0.2, -0.15) is 0 Å². The Balaban J connectivity index is 2.24. The summed E-state index contributed by atoms with van der Waals surface area (Å²) < 4.78 is 0.981. The highest BCUT2D eigenvalue weighted by atomic mass is 79.9. The van der Waals surface area contributed by atoms with Crippen molar-refractivity contribution in [1.29, 1.82) is 0 Å². The van der Waals surface area contributed by atoms with Gasteiger partial charge in [-0.25, -0.2) is 0 Å². The van der Waals surface area contributed by atoms with Gasteiger partial charge in [0.1, 0.15) is 5.52 Å². The molecule has 0 aliphatic carbocycles. The zero-order chi connectivity index (χ0) is 12.5. The van der Waals surface area contributed by atoms with E-state index >= 15 is 0 Å². The number of hydrogen-bond donors (Lipinski definition) is 1. The minimum absolute atomic E-state index is 0.150. The van der Waals surface area contributed by atoms with Crippen molar-refractivity contribution in [2.45, 2.75) is 0 Å². The molecule has 18 heavy (non-hydrogen) atoms. The molecule has 4 nitrogen and oxygen atoms in total. The molecule has 5 heteroatoms. The van der Waals surface area contributed by atoms with Crippen molar-refractivity contribution in [2.24, 2.45) is 0 Å². The lowest BCUT2D eigenvalue weighted by molar-refractivity contribution is -0.718. The number of nitrogens with zero attached hydrogens (tertiary/aromatic N) is 2. The van der Waals surface area contributed by atoms with Crippen LogP contribution in [0.3, 0.4) is 0 Å².